The lowest BCUT2D eigenvalue weighted by atomic mass is 9.83. The molecular weight excluding hydrogens is 488 g/mol. The van der Waals surface area contributed by atoms with E-state index in [1.807, 2.05) is 22.9 Å². The molecule has 0 saturated carbocycles. The van der Waals surface area contributed by atoms with E-state index in [0.29, 0.717) is 12.5 Å². The van der Waals surface area contributed by atoms with Crippen LogP contribution in [0.25, 0.3) is 28.8 Å². The van der Waals surface area contributed by atoms with Crippen LogP contribution in [-0.4, -0.2) is 9.63 Å². The summed E-state index contributed by atoms with van der Waals surface area (Å²) in [6, 6.07) is 33.5. The second-order valence-corrected chi connectivity index (χ2v) is 11.2. The topological polar surface area (TPSA) is 17.4 Å². The van der Waals surface area contributed by atoms with E-state index in [1.165, 1.54) is 49.5 Å². The maximum Gasteiger partial charge on any atom is 0.140 e. The number of hydrogen-bond acceptors (Lipinski definition) is 2. The van der Waals surface area contributed by atoms with Crippen LogP contribution in [-0.2, 0) is 19.6 Å². The second-order valence-electron chi connectivity index (χ2n) is 11.2. The Morgan fingerprint density at radius 1 is 0.875 bits per heavy atom. The molecule has 0 fully saturated rings. The van der Waals surface area contributed by atoms with Crippen molar-refractivity contribution in [2.75, 3.05) is 0 Å². The molecule has 1 atom stereocenters. The van der Waals surface area contributed by atoms with Gasteiger partial charge in [-0.1, -0.05) is 91.9 Å². The molecule has 4 aromatic carbocycles. The van der Waals surface area contributed by atoms with Crippen LogP contribution in [0.3, 0.4) is 0 Å². The van der Waals surface area contributed by atoms with E-state index in [9.17, 15) is 0 Å². The molecular formula is C37H31N2O. The van der Waals surface area contributed by atoms with Gasteiger partial charge in [-0.3, -0.25) is 0 Å². The third kappa shape index (κ3) is 3.65. The fraction of sp³-hybridized carbons (Fsp3) is 0.189. The van der Waals surface area contributed by atoms with E-state index >= 15 is 0 Å². The first-order valence-corrected chi connectivity index (χ1v) is 14.4. The normalized spacial score (nSPS) is 17.1. The Balaban J connectivity index is 1.24. The molecule has 195 valence electrons. The molecule has 1 aromatic heterocycles. The van der Waals surface area contributed by atoms with E-state index in [0.717, 1.165) is 36.2 Å². The molecule has 1 radical (unpaired) electrons. The van der Waals surface area contributed by atoms with Crippen molar-refractivity contribution in [2.45, 2.75) is 45.3 Å². The largest absolute Gasteiger partial charge is 0.408 e. The van der Waals surface area contributed by atoms with Gasteiger partial charge in [0.2, 0.25) is 0 Å². The molecule has 3 nitrogen and oxygen atoms in total. The van der Waals surface area contributed by atoms with Crippen LogP contribution in [0.1, 0.15) is 53.6 Å². The Labute approximate surface area is 234 Å². The van der Waals surface area contributed by atoms with E-state index < -0.39 is 0 Å². The molecule has 0 spiro atoms. The zero-order valence-corrected chi connectivity index (χ0v) is 22.7. The smallest absolute Gasteiger partial charge is 0.140 e. The molecule has 1 unspecified atom stereocenters. The highest BCUT2D eigenvalue weighted by Crippen LogP contribution is 2.35. The van der Waals surface area contributed by atoms with Gasteiger partial charge in [0.15, 0.2) is 0 Å². The third-order valence-electron chi connectivity index (χ3n) is 8.85. The van der Waals surface area contributed by atoms with Gasteiger partial charge in [-0.15, -0.1) is 0 Å². The van der Waals surface area contributed by atoms with Crippen LogP contribution in [0, 0.1) is 16.5 Å². The first-order valence-electron chi connectivity index (χ1n) is 14.4. The Hall–Kier alpha value is -4.50. The van der Waals surface area contributed by atoms with Crippen molar-refractivity contribution in [3.63, 3.8) is 0 Å². The highest BCUT2D eigenvalue weighted by atomic mass is 16.7. The first-order chi connectivity index (χ1) is 19.8. The summed E-state index contributed by atoms with van der Waals surface area (Å²) >= 11 is 0. The standard InChI is InChI=1S/C37H31N2O/c1-25-22-27-12-5-6-13-28(27)32-19-18-30-31(37(25)32)15-9-17-34(30)38-21-20-36-33(23-38)29-14-7-8-16-35(29)39(36)40-24-26-10-3-2-4-11-26/h2-7,10-14,16,18-22,25H,9,15,17,23-24H2,1H3. The molecule has 5 aromatic rings. The summed E-state index contributed by atoms with van der Waals surface area (Å²) in [5.74, 6) is 0.415. The highest BCUT2D eigenvalue weighted by Gasteiger charge is 2.26. The third-order valence-corrected chi connectivity index (χ3v) is 8.85. The van der Waals surface area contributed by atoms with Gasteiger partial charge in [0, 0.05) is 28.8 Å². The summed E-state index contributed by atoms with van der Waals surface area (Å²) in [7, 11) is 0. The predicted molar refractivity (Wildman–Crippen MR) is 161 cm³/mol. The number of nitrogens with zero attached hydrogens (tertiary/aromatic N) is 2. The van der Waals surface area contributed by atoms with Gasteiger partial charge >= 0.3 is 0 Å². The highest BCUT2D eigenvalue weighted by molar-refractivity contribution is 5.88. The van der Waals surface area contributed by atoms with Crippen molar-refractivity contribution >= 4 is 28.8 Å². The van der Waals surface area contributed by atoms with Crippen LogP contribution in [0.15, 0.2) is 91.1 Å². The van der Waals surface area contributed by atoms with Gasteiger partial charge in [0.25, 0.3) is 0 Å². The Morgan fingerprint density at radius 2 is 1.73 bits per heavy atom. The van der Waals surface area contributed by atoms with E-state index in [2.05, 4.69) is 103 Å². The minimum absolute atomic E-state index is 0.415. The summed E-state index contributed by atoms with van der Waals surface area (Å²) in [6.07, 6.45) is 10.4. The van der Waals surface area contributed by atoms with Crippen molar-refractivity contribution in [1.29, 1.82) is 0 Å². The van der Waals surface area contributed by atoms with Crippen LogP contribution >= 0.6 is 0 Å². The Bertz CT molecular complexity index is 2030. The lowest BCUT2D eigenvalue weighted by molar-refractivity contribution is 0.105. The molecule has 3 heteroatoms. The predicted octanol–water partition coefficient (Wildman–Crippen LogP) is 6.19. The van der Waals surface area contributed by atoms with E-state index in [1.54, 1.807) is 5.56 Å². The lowest BCUT2D eigenvalue weighted by Gasteiger charge is -2.31. The summed E-state index contributed by atoms with van der Waals surface area (Å²) in [6.45, 7) is 3.72. The van der Waals surface area contributed by atoms with Crippen LogP contribution in [0.5, 0.6) is 0 Å². The van der Waals surface area contributed by atoms with Crippen LogP contribution < -0.4 is 15.3 Å². The van der Waals surface area contributed by atoms with Crippen LogP contribution in [0.4, 0.5) is 0 Å². The lowest BCUT2D eigenvalue weighted by Crippen LogP contribution is -2.31. The number of rotatable bonds is 4. The quantitative estimate of drug-likeness (QED) is 0.282. The fourth-order valence-corrected chi connectivity index (χ4v) is 7.06. The minimum atomic E-state index is 0.415. The zero-order chi connectivity index (χ0) is 26.6. The molecule has 0 bridgehead atoms. The van der Waals surface area contributed by atoms with Crippen molar-refractivity contribution < 1.29 is 4.84 Å². The number of hydrogen-bond donors (Lipinski definition) is 0. The first kappa shape index (κ1) is 23.4. The van der Waals surface area contributed by atoms with Crippen molar-refractivity contribution in [2.24, 2.45) is 0 Å². The average molecular weight is 520 g/mol. The maximum absolute atomic E-state index is 6.40. The number of aromatic nitrogens is 1. The SMILES string of the molecule is CC1C=c2ccccc2=c2ccc3c(c21)CCCC=3N1C=Cc2c(c3cc[c]cc3n2OCc2ccccc2)C1. The molecule has 1 aliphatic heterocycles. The van der Waals surface area contributed by atoms with Crippen molar-refractivity contribution in [3.8, 4) is 0 Å². The molecule has 0 saturated heterocycles. The van der Waals surface area contributed by atoms with Gasteiger partial charge < -0.3 is 9.74 Å². The van der Waals surface area contributed by atoms with Gasteiger partial charge in [-0.2, -0.15) is 4.73 Å². The number of fused-ring (bicyclic) bond motifs is 7. The molecule has 8 rings (SSSR count). The summed E-state index contributed by atoms with van der Waals surface area (Å²) in [5.41, 5.74) is 9.17. The van der Waals surface area contributed by atoms with Gasteiger partial charge in [-0.25, -0.2) is 0 Å². The molecule has 40 heavy (non-hydrogen) atoms. The Kier molecular flexibility index (Phi) is 5.44. The second kappa shape index (κ2) is 9.31. The monoisotopic (exact) mass is 519 g/mol. The summed E-state index contributed by atoms with van der Waals surface area (Å²) in [4.78, 5) is 8.88. The Morgan fingerprint density at radius 3 is 2.65 bits per heavy atom. The molecule has 2 heterocycles. The molecule has 0 amide bonds. The molecule has 2 aliphatic carbocycles. The van der Waals surface area contributed by atoms with E-state index in [-0.39, 0.29) is 0 Å². The van der Waals surface area contributed by atoms with Gasteiger partial charge in [0.05, 0.1) is 17.8 Å². The molecule has 3 aliphatic rings. The van der Waals surface area contributed by atoms with Crippen LogP contribution in [0.2, 0.25) is 0 Å². The van der Waals surface area contributed by atoms with Gasteiger partial charge in [0.1, 0.15) is 6.61 Å². The summed E-state index contributed by atoms with van der Waals surface area (Å²) < 4.78 is 2.01. The molecule has 0 N–H and O–H groups in total. The van der Waals surface area contributed by atoms with Gasteiger partial charge in [-0.05, 0) is 75.0 Å². The average Bonchev–Trinajstić information content (AvgIpc) is 3.32. The maximum atomic E-state index is 6.40. The summed E-state index contributed by atoms with van der Waals surface area (Å²) in [5, 5.41) is 6.80. The number of benzene rings is 4. The van der Waals surface area contributed by atoms with Crippen molar-refractivity contribution in [1.82, 2.24) is 9.63 Å². The van der Waals surface area contributed by atoms with E-state index in [4.69, 9.17) is 4.84 Å². The zero-order valence-electron chi connectivity index (χ0n) is 22.7. The van der Waals surface area contributed by atoms with Crippen molar-refractivity contribution in [3.05, 3.63) is 146 Å². The minimum Gasteiger partial charge on any atom is -0.408 e. The fourth-order valence-electron chi connectivity index (χ4n) is 7.06.